The lowest BCUT2D eigenvalue weighted by Gasteiger charge is -2.44. The molecule has 7 nitrogen and oxygen atoms in total. The third kappa shape index (κ3) is 3.31. The van der Waals surface area contributed by atoms with Crippen LogP contribution in [0.5, 0.6) is 5.88 Å². The van der Waals surface area contributed by atoms with Crippen LogP contribution >= 0.6 is 0 Å². The molecule has 2 aromatic heterocycles. The number of aldehydes is 1. The first-order valence-electron chi connectivity index (χ1n) is 8.38. The van der Waals surface area contributed by atoms with Crippen molar-refractivity contribution < 1.29 is 18.7 Å². The maximum atomic E-state index is 14.1. The summed E-state index contributed by atoms with van der Waals surface area (Å²) in [5.74, 6) is -0.563. The fraction of sp³-hybridized carbons (Fsp3) is 0.444. The standard InChI is InChI=1S/C18H21FN4O3/c1-18(2)8-11(10-24)4-5-23(18)17(25)15-7-14(21-22-15)12-6-16(26-3)20-9-13(12)19/h6-7,9-11H,4-5,8H2,1-3H3,(H,21,22). The monoisotopic (exact) mass is 360 g/mol. The summed E-state index contributed by atoms with van der Waals surface area (Å²) in [7, 11) is 1.44. The zero-order valence-electron chi connectivity index (χ0n) is 15.0. The third-order valence-corrected chi connectivity index (χ3v) is 4.78. The molecule has 3 heterocycles. The Labute approximate surface area is 150 Å². The van der Waals surface area contributed by atoms with E-state index in [1.807, 2.05) is 13.8 Å². The largest absolute Gasteiger partial charge is 0.481 e. The quantitative estimate of drug-likeness (QED) is 0.846. The lowest BCUT2D eigenvalue weighted by Crippen LogP contribution is -2.53. The molecule has 0 bridgehead atoms. The van der Waals surface area contributed by atoms with Crippen molar-refractivity contribution in [2.24, 2.45) is 5.92 Å². The van der Waals surface area contributed by atoms with Gasteiger partial charge in [-0.3, -0.25) is 9.89 Å². The van der Waals surface area contributed by atoms with Crippen molar-refractivity contribution >= 4 is 12.2 Å². The SMILES string of the molecule is COc1cc(-c2cc(C(=O)N3CCC(C=O)CC3(C)C)n[nH]2)c(F)cn1. The van der Waals surface area contributed by atoms with E-state index < -0.39 is 11.4 Å². The first-order chi connectivity index (χ1) is 12.4. The summed E-state index contributed by atoms with van der Waals surface area (Å²) in [5.41, 5.74) is 0.341. The molecule has 1 aliphatic heterocycles. The van der Waals surface area contributed by atoms with Gasteiger partial charge in [0.15, 0.2) is 11.5 Å². The summed E-state index contributed by atoms with van der Waals surface area (Å²) >= 11 is 0. The van der Waals surface area contributed by atoms with Crippen molar-refractivity contribution in [3.63, 3.8) is 0 Å². The molecular formula is C18H21FN4O3. The van der Waals surface area contributed by atoms with Gasteiger partial charge in [0.2, 0.25) is 5.88 Å². The van der Waals surface area contributed by atoms with Gasteiger partial charge < -0.3 is 14.4 Å². The normalized spacial score (nSPS) is 19.2. The highest BCUT2D eigenvalue weighted by atomic mass is 19.1. The average molecular weight is 360 g/mol. The van der Waals surface area contributed by atoms with Crippen LogP contribution in [0.2, 0.25) is 0 Å². The van der Waals surface area contributed by atoms with E-state index in [1.165, 1.54) is 19.2 Å². The molecular weight excluding hydrogens is 339 g/mol. The predicted octanol–water partition coefficient (Wildman–Crippen LogP) is 2.45. The molecule has 0 saturated carbocycles. The minimum atomic E-state index is -0.541. The number of hydrogen-bond acceptors (Lipinski definition) is 5. The number of hydrogen-bond donors (Lipinski definition) is 1. The molecule has 2 aromatic rings. The van der Waals surface area contributed by atoms with Gasteiger partial charge in [-0.2, -0.15) is 5.10 Å². The molecule has 8 heteroatoms. The maximum absolute atomic E-state index is 14.1. The van der Waals surface area contributed by atoms with Crippen LogP contribution in [-0.2, 0) is 4.79 Å². The first kappa shape index (κ1) is 18.0. The zero-order valence-corrected chi connectivity index (χ0v) is 15.0. The van der Waals surface area contributed by atoms with Crippen LogP contribution in [0.15, 0.2) is 18.3 Å². The second-order valence-electron chi connectivity index (χ2n) is 7.03. The number of rotatable bonds is 4. The smallest absolute Gasteiger partial charge is 0.274 e. The van der Waals surface area contributed by atoms with Gasteiger partial charge in [0.1, 0.15) is 6.29 Å². The molecule has 0 spiro atoms. The Balaban J connectivity index is 1.86. The second-order valence-corrected chi connectivity index (χ2v) is 7.03. The number of piperidine rings is 1. The van der Waals surface area contributed by atoms with E-state index in [2.05, 4.69) is 15.2 Å². The summed E-state index contributed by atoms with van der Waals surface area (Å²) in [5, 5.41) is 6.76. The molecule has 1 amide bonds. The van der Waals surface area contributed by atoms with Crippen LogP contribution < -0.4 is 4.74 Å². The number of amides is 1. The third-order valence-electron chi connectivity index (χ3n) is 4.78. The van der Waals surface area contributed by atoms with Crippen LogP contribution in [0.4, 0.5) is 4.39 Å². The Morgan fingerprint density at radius 3 is 2.88 bits per heavy atom. The predicted molar refractivity (Wildman–Crippen MR) is 92.2 cm³/mol. The maximum Gasteiger partial charge on any atom is 0.274 e. The molecule has 138 valence electrons. The van der Waals surface area contributed by atoms with Crippen molar-refractivity contribution in [1.82, 2.24) is 20.1 Å². The number of nitrogens with zero attached hydrogens (tertiary/aromatic N) is 3. The van der Waals surface area contributed by atoms with Gasteiger partial charge in [-0.25, -0.2) is 9.37 Å². The lowest BCUT2D eigenvalue weighted by molar-refractivity contribution is -0.113. The molecule has 1 saturated heterocycles. The van der Waals surface area contributed by atoms with Crippen LogP contribution in [0.3, 0.4) is 0 Å². The van der Waals surface area contributed by atoms with E-state index in [4.69, 9.17) is 4.74 Å². The van der Waals surface area contributed by atoms with Crippen LogP contribution in [-0.4, -0.2) is 51.5 Å². The Bertz CT molecular complexity index is 834. The van der Waals surface area contributed by atoms with Gasteiger partial charge >= 0.3 is 0 Å². The van der Waals surface area contributed by atoms with E-state index in [9.17, 15) is 14.0 Å². The molecule has 1 atom stereocenters. The minimum Gasteiger partial charge on any atom is -0.481 e. The van der Waals surface area contributed by atoms with Gasteiger partial charge in [-0.1, -0.05) is 0 Å². The molecule has 26 heavy (non-hydrogen) atoms. The van der Waals surface area contributed by atoms with E-state index in [1.54, 1.807) is 4.90 Å². The number of methoxy groups -OCH3 is 1. The summed E-state index contributed by atoms with van der Waals surface area (Å²) in [6.07, 6.45) is 3.25. The zero-order chi connectivity index (χ0) is 18.9. The molecule has 0 aromatic carbocycles. The number of carbonyl (C=O) groups excluding carboxylic acids is 2. The van der Waals surface area contributed by atoms with Gasteiger partial charge in [0, 0.05) is 29.6 Å². The summed E-state index contributed by atoms with van der Waals surface area (Å²) in [4.78, 5) is 29.5. The average Bonchev–Trinajstić information content (AvgIpc) is 3.10. The van der Waals surface area contributed by atoms with E-state index in [-0.39, 0.29) is 29.0 Å². The van der Waals surface area contributed by atoms with Crippen molar-refractivity contribution in [1.29, 1.82) is 0 Å². The first-order valence-corrected chi connectivity index (χ1v) is 8.38. The number of aromatic amines is 1. The van der Waals surface area contributed by atoms with Crippen molar-refractivity contribution in [3.05, 3.63) is 29.8 Å². The molecule has 0 radical (unpaired) electrons. The number of aromatic nitrogens is 3. The number of pyridine rings is 1. The number of ether oxygens (including phenoxy) is 1. The van der Waals surface area contributed by atoms with Gasteiger partial charge in [-0.15, -0.1) is 0 Å². The van der Waals surface area contributed by atoms with Crippen molar-refractivity contribution in [2.45, 2.75) is 32.2 Å². The fourth-order valence-electron chi connectivity index (χ4n) is 3.39. The Morgan fingerprint density at radius 2 is 2.23 bits per heavy atom. The number of H-pyrrole nitrogens is 1. The fourth-order valence-corrected chi connectivity index (χ4v) is 3.39. The van der Waals surface area contributed by atoms with Crippen LogP contribution in [0.1, 0.15) is 37.2 Å². The van der Waals surface area contributed by atoms with Gasteiger partial charge in [-0.05, 0) is 32.8 Å². The molecule has 3 rings (SSSR count). The van der Waals surface area contributed by atoms with E-state index in [0.29, 0.717) is 25.1 Å². The molecule has 1 fully saturated rings. The summed E-state index contributed by atoms with van der Waals surface area (Å²) in [6, 6.07) is 2.96. The van der Waals surface area contributed by atoms with Gasteiger partial charge in [0.05, 0.1) is 19.0 Å². The summed E-state index contributed by atoms with van der Waals surface area (Å²) < 4.78 is 19.1. The highest BCUT2D eigenvalue weighted by Gasteiger charge is 2.38. The minimum absolute atomic E-state index is 0.0397. The van der Waals surface area contributed by atoms with Crippen LogP contribution in [0.25, 0.3) is 11.3 Å². The highest BCUT2D eigenvalue weighted by molar-refractivity contribution is 5.94. The topological polar surface area (TPSA) is 88.2 Å². The van der Waals surface area contributed by atoms with Crippen molar-refractivity contribution in [2.75, 3.05) is 13.7 Å². The number of halogens is 1. The summed E-state index contributed by atoms with van der Waals surface area (Å²) in [6.45, 7) is 4.35. The van der Waals surface area contributed by atoms with Crippen molar-refractivity contribution in [3.8, 4) is 17.1 Å². The number of nitrogens with one attached hydrogen (secondary N) is 1. The lowest BCUT2D eigenvalue weighted by atomic mass is 9.83. The van der Waals surface area contributed by atoms with Crippen LogP contribution in [0, 0.1) is 11.7 Å². The number of likely N-dealkylation sites (tertiary alicyclic amines) is 1. The highest BCUT2D eigenvalue weighted by Crippen LogP contribution is 2.32. The molecule has 1 aliphatic rings. The van der Waals surface area contributed by atoms with E-state index in [0.717, 1.165) is 12.5 Å². The van der Waals surface area contributed by atoms with E-state index >= 15 is 0 Å². The van der Waals surface area contributed by atoms with Gasteiger partial charge in [0.25, 0.3) is 5.91 Å². The molecule has 1 unspecified atom stereocenters. The molecule has 0 aliphatic carbocycles. The Hall–Kier alpha value is -2.77. The Morgan fingerprint density at radius 1 is 1.46 bits per heavy atom. The number of carbonyl (C=O) groups is 2. The Kier molecular flexibility index (Phi) is 4.76. The molecule has 1 N–H and O–H groups in total. The second kappa shape index (κ2) is 6.86.